The molecule has 2 amide bonds. The topological polar surface area (TPSA) is 78.4 Å². The Morgan fingerprint density at radius 3 is 2.26 bits per heavy atom. The van der Waals surface area contributed by atoms with Crippen molar-refractivity contribution in [3.63, 3.8) is 0 Å². The normalized spacial score (nSPS) is 23.6. The Labute approximate surface area is 137 Å². The predicted octanol–water partition coefficient (Wildman–Crippen LogP) is 3.12. The molecule has 0 radical (unpaired) electrons. The van der Waals surface area contributed by atoms with Crippen LogP contribution < -0.4 is 10.6 Å². The third kappa shape index (κ3) is 4.98. The van der Waals surface area contributed by atoms with Crippen LogP contribution in [0.4, 0.5) is 4.79 Å². The molecule has 0 saturated heterocycles. The highest BCUT2D eigenvalue weighted by Gasteiger charge is 2.27. The fourth-order valence-electron chi connectivity index (χ4n) is 3.09. The molecule has 2 atom stereocenters. The zero-order chi connectivity index (χ0) is 16.8. The lowest BCUT2D eigenvalue weighted by Crippen LogP contribution is -2.48. The quantitative estimate of drug-likeness (QED) is 0.780. The summed E-state index contributed by atoms with van der Waals surface area (Å²) in [5.41, 5.74) is 1.20. The van der Waals surface area contributed by atoms with Gasteiger partial charge in [0, 0.05) is 18.0 Å². The first-order chi connectivity index (χ1) is 11.0. The second kappa shape index (κ2) is 7.99. The summed E-state index contributed by atoms with van der Waals surface area (Å²) in [6.45, 7) is 4.09. The number of amides is 2. The number of carbonyl (C=O) groups excluding carboxylic acids is 1. The molecular weight excluding hydrogens is 292 g/mol. The van der Waals surface area contributed by atoms with Gasteiger partial charge in [0.15, 0.2) is 0 Å². The first-order valence-electron chi connectivity index (χ1n) is 8.32. The molecule has 1 aliphatic carbocycles. The first-order valence-corrected chi connectivity index (χ1v) is 8.32. The maximum atomic E-state index is 12.1. The van der Waals surface area contributed by atoms with E-state index in [4.69, 9.17) is 5.11 Å². The summed E-state index contributed by atoms with van der Waals surface area (Å²) in [5, 5.41) is 15.0. The average molecular weight is 318 g/mol. The summed E-state index contributed by atoms with van der Waals surface area (Å²) in [6, 6.07) is 10.0. The fraction of sp³-hybridized carbons (Fsp3) is 0.556. The van der Waals surface area contributed by atoms with E-state index in [0.29, 0.717) is 12.8 Å². The number of hydrogen-bond acceptors (Lipinski definition) is 2. The monoisotopic (exact) mass is 318 g/mol. The Kier molecular flexibility index (Phi) is 6.02. The zero-order valence-corrected chi connectivity index (χ0v) is 13.8. The van der Waals surface area contributed by atoms with Gasteiger partial charge in [-0.15, -0.1) is 0 Å². The number of nitrogens with one attached hydrogen (secondary N) is 2. The van der Waals surface area contributed by atoms with Crippen molar-refractivity contribution < 1.29 is 14.7 Å². The van der Waals surface area contributed by atoms with Gasteiger partial charge in [0.1, 0.15) is 0 Å². The molecule has 1 fully saturated rings. The van der Waals surface area contributed by atoms with E-state index >= 15 is 0 Å². The molecule has 23 heavy (non-hydrogen) atoms. The Morgan fingerprint density at radius 2 is 1.70 bits per heavy atom. The van der Waals surface area contributed by atoms with Crippen LogP contribution in [-0.4, -0.2) is 29.2 Å². The fourth-order valence-corrected chi connectivity index (χ4v) is 3.09. The molecule has 5 nitrogen and oxygen atoms in total. The Balaban J connectivity index is 1.77. The van der Waals surface area contributed by atoms with E-state index in [-0.39, 0.29) is 30.0 Å². The number of carboxylic acid groups (broad SMARTS) is 1. The molecule has 1 aromatic rings. The third-order valence-electron chi connectivity index (χ3n) is 4.85. The minimum Gasteiger partial charge on any atom is -0.481 e. The molecule has 0 heterocycles. The van der Waals surface area contributed by atoms with Crippen LogP contribution in [0.1, 0.15) is 51.0 Å². The van der Waals surface area contributed by atoms with E-state index in [1.165, 1.54) is 5.56 Å². The van der Waals surface area contributed by atoms with Gasteiger partial charge in [-0.3, -0.25) is 4.79 Å². The lowest BCUT2D eigenvalue weighted by Gasteiger charge is -2.28. The second-order valence-electron chi connectivity index (χ2n) is 6.49. The summed E-state index contributed by atoms with van der Waals surface area (Å²) in [5.74, 6) is -0.754. The molecule has 0 bridgehead atoms. The highest BCUT2D eigenvalue weighted by atomic mass is 16.4. The minimum atomic E-state index is -0.724. The molecule has 2 unspecified atom stereocenters. The van der Waals surface area contributed by atoms with E-state index in [1.54, 1.807) is 0 Å². The van der Waals surface area contributed by atoms with Gasteiger partial charge in [0.25, 0.3) is 0 Å². The van der Waals surface area contributed by atoms with E-state index in [2.05, 4.69) is 29.7 Å². The van der Waals surface area contributed by atoms with Crippen molar-refractivity contribution in [2.75, 3.05) is 0 Å². The Hall–Kier alpha value is -2.04. The van der Waals surface area contributed by atoms with Crippen LogP contribution in [-0.2, 0) is 4.79 Å². The third-order valence-corrected chi connectivity index (χ3v) is 4.85. The highest BCUT2D eigenvalue weighted by Crippen LogP contribution is 2.24. The molecule has 1 aromatic carbocycles. The molecule has 0 spiro atoms. The summed E-state index contributed by atoms with van der Waals surface area (Å²) >= 11 is 0. The number of rotatable bonds is 5. The Morgan fingerprint density at radius 1 is 1.09 bits per heavy atom. The number of aliphatic carboxylic acids is 1. The van der Waals surface area contributed by atoms with Gasteiger partial charge in [0.05, 0.1) is 5.92 Å². The zero-order valence-electron chi connectivity index (χ0n) is 13.8. The van der Waals surface area contributed by atoms with Crippen molar-refractivity contribution in [3.8, 4) is 0 Å². The van der Waals surface area contributed by atoms with Crippen molar-refractivity contribution in [2.24, 2.45) is 5.92 Å². The Bertz CT molecular complexity index is 524. The van der Waals surface area contributed by atoms with Crippen LogP contribution in [0.15, 0.2) is 30.3 Å². The van der Waals surface area contributed by atoms with E-state index in [0.717, 1.165) is 12.8 Å². The smallest absolute Gasteiger partial charge is 0.315 e. The molecule has 0 aliphatic heterocycles. The van der Waals surface area contributed by atoms with Gasteiger partial charge in [-0.1, -0.05) is 37.3 Å². The molecule has 3 N–H and O–H groups in total. The molecular formula is C18H26N2O3. The molecule has 1 saturated carbocycles. The number of carboxylic acids is 1. The van der Waals surface area contributed by atoms with Gasteiger partial charge >= 0.3 is 12.0 Å². The molecule has 5 heteroatoms. The average Bonchev–Trinajstić information content (AvgIpc) is 2.55. The van der Waals surface area contributed by atoms with Gasteiger partial charge < -0.3 is 15.7 Å². The minimum absolute atomic E-state index is 0.0211. The van der Waals surface area contributed by atoms with Gasteiger partial charge in [-0.05, 0) is 38.2 Å². The largest absolute Gasteiger partial charge is 0.481 e. The van der Waals surface area contributed by atoms with Crippen molar-refractivity contribution in [1.82, 2.24) is 10.6 Å². The lowest BCUT2D eigenvalue weighted by molar-refractivity contribution is -0.142. The first kappa shape index (κ1) is 17.3. The number of benzene rings is 1. The SMILES string of the molecule is CC(NC(=O)NC1CCC(C(=O)O)CC1)C(C)c1ccccc1. The van der Waals surface area contributed by atoms with Crippen molar-refractivity contribution in [1.29, 1.82) is 0 Å². The van der Waals surface area contributed by atoms with Crippen LogP contribution in [0.3, 0.4) is 0 Å². The standard InChI is InChI=1S/C18H26N2O3/c1-12(14-6-4-3-5-7-14)13(2)19-18(23)20-16-10-8-15(9-11-16)17(21)22/h3-7,12-13,15-16H,8-11H2,1-2H3,(H,21,22)(H2,19,20,23). The van der Waals surface area contributed by atoms with Gasteiger partial charge in [0.2, 0.25) is 0 Å². The van der Waals surface area contributed by atoms with Crippen LogP contribution >= 0.6 is 0 Å². The van der Waals surface area contributed by atoms with E-state index in [9.17, 15) is 9.59 Å². The molecule has 2 rings (SSSR count). The lowest BCUT2D eigenvalue weighted by atomic mass is 9.86. The number of carbonyl (C=O) groups is 2. The van der Waals surface area contributed by atoms with E-state index < -0.39 is 5.97 Å². The van der Waals surface area contributed by atoms with Gasteiger partial charge in [-0.2, -0.15) is 0 Å². The van der Waals surface area contributed by atoms with Crippen LogP contribution in [0.2, 0.25) is 0 Å². The molecule has 0 aromatic heterocycles. The van der Waals surface area contributed by atoms with Crippen LogP contribution in [0, 0.1) is 5.92 Å². The second-order valence-corrected chi connectivity index (χ2v) is 6.49. The molecule has 126 valence electrons. The number of urea groups is 1. The van der Waals surface area contributed by atoms with Crippen LogP contribution in [0.25, 0.3) is 0 Å². The maximum absolute atomic E-state index is 12.1. The summed E-state index contributed by atoms with van der Waals surface area (Å²) < 4.78 is 0. The number of hydrogen-bond donors (Lipinski definition) is 3. The van der Waals surface area contributed by atoms with Crippen LogP contribution in [0.5, 0.6) is 0 Å². The maximum Gasteiger partial charge on any atom is 0.315 e. The molecule has 1 aliphatic rings. The van der Waals surface area contributed by atoms with E-state index in [1.807, 2.05) is 25.1 Å². The predicted molar refractivity (Wildman–Crippen MR) is 89.4 cm³/mol. The van der Waals surface area contributed by atoms with Crippen molar-refractivity contribution in [3.05, 3.63) is 35.9 Å². The van der Waals surface area contributed by atoms with Crippen molar-refractivity contribution in [2.45, 2.75) is 57.5 Å². The summed E-state index contributed by atoms with van der Waals surface area (Å²) in [7, 11) is 0. The summed E-state index contributed by atoms with van der Waals surface area (Å²) in [6.07, 6.45) is 2.73. The summed E-state index contributed by atoms with van der Waals surface area (Å²) in [4.78, 5) is 23.1. The van der Waals surface area contributed by atoms with Crippen molar-refractivity contribution >= 4 is 12.0 Å². The highest BCUT2D eigenvalue weighted by molar-refractivity contribution is 5.75. The van der Waals surface area contributed by atoms with Gasteiger partial charge in [-0.25, -0.2) is 4.79 Å².